The third-order valence-electron chi connectivity index (χ3n) is 7.74. The number of anilines is 4. The fraction of sp³-hybridized carbons (Fsp3) is 0.560. The number of aromatic nitrogens is 2. The first-order chi connectivity index (χ1) is 18.5. The maximum absolute atomic E-state index is 14.5. The minimum atomic E-state index is -3.78. The number of aliphatic hydroxyl groups is 1. The number of carbonyl (C=O) groups excluding carboxylic acids is 1. The van der Waals surface area contributed by atoms with Gasteiger partial charge in [0.15, 0.2) is 11.6 Å². The molecule has 10 nitrogen and oxygen atoms in total. The molecule has 2 saturated heterocycles. The molecule has 1 aliphatic carbocycles. The van der Waals surface area contributed by atoms with Crippen LogP contribution in [-0.4, -0.2) is 73.9 Å². The van der Waals surface area contributed by atoms with E-state index in [9.17, 15) is 26.4 Å². The number of alkyl halides is 2. The molecule has 39 heavy (non-hydrogen) atoms. The van der Waals surface area contributed by atoms with E-state index in [1.807, 2.05) is 4.90 Å². The number of piperidine rings is 2. The van der Waals surface area contributed by atoms with Crippen LogP contribution < -0.4 is 19.8 Å². The van der Waals surface area contributed by atoms with Gasteiger partial charge in [0.1, 0.15) is 0 Å². The van der Waals surface area contributed by atoms with Gasteiger partial charge in [-0.05, 0) is 49.3 Å². The van der Waals surface area contributed by atoms with Gasteiger partial charge in [0, 0.05) is 39.0 Å². The van der Waals surface area contributed by atoms with Crippen LogP contribution in [0.3, 0.4) is 0 Å². The fourth-order valence-corrected chi connectivity index (χ4v) is 5.98. The summed E-state index contributed by atoms with van der Waals surface area (Å²) in [6.45, 7) is 0.704. The number of amides is 1. The number of hydrogen-bond donors (Lipinski definition) is 3. The van der Waals surface area contributed by atoms with Crippen molar-refractivity contribution >= 4 is 39.1 Å². The Morgan fingerprint density at radius 3 is 2.33 bits per heavy atom. The van der Waals surface area contributed by atoms with Crippen LogP contribution in [0.5, 0.6) is 0 Å². The molecule has 3 fully saturated rings. The van der Waals surface area contributed by atoms with Crippen LogP contribution in [0.15, 0.2) is 24.4 Å². The van der Waals surface area contributed by atoms with Crippen molar-refractivity contribution in [3.8, 4) is 0 Å². The molecule has 212 valence electrons. The van der Waals surface area contributed by atoms with Crippen molar-refractivity contribution in [1.82, 2.24) is 9.97 Å². The molecule has 2 aromatic rings. The second kappa shape index (κ2) is 10.5. The average molecular weight is 569 g/mol. The standard InChI is InChI=1S/C25H31F3N6O4S/c26-19-16-29-23(30-21(19)34-11-7-25(27,28)8-12-34)31-22(36)18-2-1-17(32-39(37,38)14-13-35)15-20(18)33-9-5-24(3-4-24)6-10-33/h1-2,15-16,32,35H,3-14H2,(H,29,30,31,36). The molecule has 0 radical (unpaired) electrons. The normalized spacial score (nSPS) is 20.1. The lowest BCUT2D eigenvalue weighted by Crippen LogP contribution is -2.40. The highest BCUT2D eigenvalue weighted by atomic mass is 32.2. The van der Waals surface area contributed by atoms with Crippen LogP contribution in [0.25, 0.3) is 0 Å². The molecule has 3 heterocycles. The van der Waals surface area contributed by atoms with Gasteiger partial charge in [0.2, 0.25) is 16.0 Å². The maximum atomic E-state index is 14.5. The minimum absolute atomic E-state index is 0.0808. The molecule has 14 heteroatoms. The van der Waals surface area contributed by atoms with Crippen LogP contribution >= 0.6 is 0 Å². The van der Waals surface area contributed by atoms with E-state index in [0.717, 1.165) is 19.0 Å². The first-order valence-electron chi connectivity index (χ1n) is 13.0. The number of rotatable bonds is 8. The van der Waals surface area contributed by atoms with Crippen LogP contribution in [0.4, 0.5) is 36.3 Å². The van der Waals surface area contributed by atoms with E-state index in [4.69, 9.17) is 5.11 Å². The van der Waals surface area contributed by atoms with E-state index >= 15 is 0 Å². The van der Waals surface area contributed by atoms with Crippen molar-refractivity contribution < 1.29 is 31.5 Å². The van der Waals surface area contributed by atoms with Gasteiger partial charge in [-0.1, -0.05) is 0 Å². The number of carbonyl (C=O) groups is 1. The number of sulfonamides is 1. The summed E-state index contributed by atoms with van der Waals surface area (Å²) in [7, 11) is -3.78. The molecule has 3 aliphatic rings. The lowest BCUT2D eigenvalue weighted by molar-refractivity contribution is -0.0222. The Balaban J connectivity index is 1.38. The summed E-state index contributed by atoms with van der Waals surface area (Å²) >= 11 is 0. The summed E-state index contributed by atoms with van der Waals surface area (Å²) in [5.41, 5.74) is 1.39. The minimum Gasteiger partial charge on any atom is -0.395 e. The highest BCUT2D eigenvalue weighted by Gasteiger charge is 2.44. The Morgan fingerprint density at radius 2 is 1.69 bits per heavy atom. The topological polar surface area (TPSA) is 128 Å². The van der Waals surface area contributed by atoms with Gasteiger partial charge in [-0.15, -0.1) is 0 Å². The number of nitrogens with one attached hydrogen (secondary N) is 2. The van der Waals surface area contributed by atoms with Gasteiger partial charge in [-0.2, -0.15) is 4.98 Å². The molecule has 1 amide bonds. The Hall–Kier alpha value is -3.13. The molecule has 1 spiro atoms. The van der Waals surface area contributed by atoms with Crippen molar-refractivity contribution in [3.63, 3.8) is 0 Å². The molecule has 0 bridgehead atoms. The number of halogens is 3. The third kappa shape index (κ3) is 6.38. The molecular formula is C25H31F3N6O4S. The van der Waals surface area contributed by atoms with Crippen molar-refractivity contribution in [3.05, 3.63) is 35.8 Å². The van der Waals surface area contributed by atoms with E-state index in [1.165, 1.54) is 29.9 Å². The Morgan fingerprint density at radius 1 is 1.03 bits per heavy atom. The van der Waals surface area contributed by atoms with E-state index < -0.39 is 52.9 Å². The summed E-state index contributed by atoms with van der Waals surface area (Å²) in [6.07, 6.45) is 4.36. The maximum Gasteiger partial charge on any atom is 0.260 e. The zero-order chi connectivity index (χ0) is 27.8. The van der Waals surface area contributed by atoms with Gasteiger partial charge < -0.3 is 14.9 Å². The van der Waals surface area contributed by atoms with Crippen molar-refractivity contribution in [2.45, 2.75) is 44.4 Å². The molecule has 5 rings (SSSR count). The van der Waals surface area contributed by atoms with Gasteiger partial charge in [0.05, 0.1) is 35.5 Å². The van der Waals surface area contributed by atoms with Gasteiger partial charge in [0.25, 0.3) is 11.8 Å². The lowest BCUT2D eigenvalue weighted by atomic mass is 9.93. The zero-order valence-corrected chi connectivity index (χ0v) is 22.1. The summed E-state index contributed by atoms with van der Waals surface area (Å²) in [5.74, 6) is -4.96. The van der Waals surface area contributed by atoms with Gasteiger partial charge in [-0.3, -0.25) is 14.8 Å². The Bertz CT molecular complexity index is 1340. The molecular weight excluding hydrogens is 537 g/mol. The first kappa shape index (κ1) is 27.4. The largest absolute Gasteiger partial charge is 0.395 e. The molecule has 0 unspecified atom stereocenters. The monoisotopic (exact) mass is 568 g/mol. The lowest BCUT2D eigenvalue weighted by Gasteiger charge is -2.35. The van der Waals surface area contributed by atoms with E-state index in [0.29, 0.717) is 24.2 Å². The highest BCUT2D eigenvalue weighted by Crippen LogP contribution is 2.54. The summed E-state index contributed by atoms with van der Waals surface area (Å²) in [6, 6.07) is 4.52. The fourth-order valence-electron chi connectivity index (χ4n) is 5.15. The van der Waals surface area contributed by atoms with E-state index in [-0.39, 0.29) is 36.1 Å². The number of aliphatic hydroxyl groups excluding tert-OH is 1. The van der Waals surface area contributed by atoms with E-state index in [2.05, 4.69) is 20.0 Å². The molecule has 1 saturated carbocycles. The SMILES string of the molecule is O=C(Nc1ncc(F)c(N2CCC(F)(F)CC2)n1)c1ccc(NS(=O)(=O)CCO)cc1N1CCC2(CC1)CC2. The highest BCUT2D eigenvalue weighted by molar-refractivity contribution is 7.92. The Labute approximate surface area is 224 Å². The van der Waals surface area contributed by atoms with E-state index in [1.54, 1.807) is 6.07 Å². The predicted octanol–water partition coefficient (Wildman–Crippen LogP) is 3.22. The molecule has 0 atom stereocenters. The summed E-state index contributed by atoms with van der Waals surface area (Å²) in [5, 5.41) is 11.6. The smallest absolute Gasteiger partial charge is 0.260 e. The summed E-state index contributed by atoms with van der Waals surface area (Å²) in [4.78, 5) is 24.8. The van der Waals surface area contributed by atoms with Gasteiger partial charge in [-0.25, -0.2) is 26.6 Å². The second-order valence-electron chi connectivity index (χ2n) is 10.5. The van der Waals surface area contributed by atoms with Crippen LogP contribution in [-0.2, 0) is 10.0 Å². The molecule has 2 aliphatic heterocycles. The average Bonchev–Trinajstić information content (AvgIpc) is 3.64. The first-order valence-corrected chi connectivity index (χ1v) is 14.6. The van der Waals surface area contributed by atoms with Gasteiger partial charge >= 0.3 is 0 Å². The van der Waals surface area contributed by atoms with Crippen LogP contribution in [0.2, 0.25) is 0 Å². The number of nitrogens with zero attached hydrogens (tertiary/aromatic N) is 4. The quantitative estimate of drug-likeness (QED) is 0.443. The van der Waals surface area contributed by atoms with Crippen LogP contribution in [0.1, 0.15) is 48.9 Å². The second-order valence-corrected chi connectivity index (χ2v) is 12.4. The van der Waals surface area contributed by atoms with Crippen LogP contribution in [0, 0.1) is 11.2 Å². The number of hydrogen-bond acceptors (Lipinski definition) is 8. The summed E-state index contributed by atoms with van der Waals surface area (Å²) < 4.78 is 68.4. The third-order valence-corrected chi connectivity index (χ3v) is 9.01. The molecule has 1 aromatic heterocycles. The molecule has 1 aromatic carbocycles. The number of benzene rings is 1. The van der Waals surface area contributed by atoms with Crippen molar-refractivity contribution in [1.29, 1.82) is 0 Å². The predicted molar refractivity (Wildman–Crippen MR) is 140 cm³/mol. The molecule has 3 N–H and O–H groups in total. The zero-order valence-electron chi connectivity index (χ0n) is 21.3. The van der Waals surface area contributed by atoms with Crippen molar-refractivity contribution in [2.24, 2.45) is 5.41 Å². The Kier molecular flexibility index (Phi) is 7.35. The van der Waals surface area contributed by atoms with Crippen molar-refractivity contribution in [2.75, 3.05) is 58.4 Å².